The summed E-state index contributed by atoms with van der Waals surface area (Å²) in [6.07, 6.45) is 1.73. The van der Waals surface area contributed by atoms with Crippen LogP contribution >= 0.6 is 15.9 Å². The highest BCUT2D eigenvalue weighted by molar-refractivity contribution is 9.10. The fourth-order valence-electron chi connectivity index (χ4n) is 3.40. The van der Waals surface area contributed by atoms with Crippen molar-refractivity contribution in [3.8, 4) is 11.4 Å². The number of anilines is 3. The standard InChI is InChI=1S/C21H19BrF3N5/c22-15-11-13(21(23,24)25)8-9-16(15)28-19-12-18(17-7-3-4-10-26-17)29-20(30-19)27-14-5-1-2-6-14/h3-4,7-12,14H,1-2,5-6H2,(H2,27,28,29,30). The number of benzene rings is 1. The molecular weight excluding hydrogens is 459 g/mol. The highest BCUT2D eigenvalue weighted by Gasteiger charge is 2.30. The number of aromatic nitrogens is 3. The molecule has 1 fully saturated rings. The number of halogens is 4. The molecule has 2 aromatic heterocycles. The van der Waals surface area contributed by atoms with Crippen LogP contribution in [0.1, 0.15) is 31.2 Å². The zero-order chi connectivity index (χ0) is 21.1. The second kappa shape index (κ2) is 8.59. The molecule has 0 atom stereocenters. The Morgan fingerprint density at radius 3 is 2.43 bits per heavy atom. The first-order valence-electron chi connectivity index (χ1n) is 9.59. The lowest BCUT2D eigenvalue weighted by Gasteiger charge is -2.16. The van der Waals surface area contributed by atoms with Crippen LogP contribution in [-0.2, 0) is 6.18 Å². The van der Waals surface area contributed by atoms with E-state index in [1.54, 1.807) is 12.3 Å². The number of hydrogen-bond donors (Lipinski definition) is 2. The maximum absolute atomic E-state index is 12.9. The largest absolute Gasteiger partial charge is 0.416 e. The molecule has 1 aromatic carbocycles. The van der Waals surface area contributed by atoms with Crippen molar-refractivity contribution >= 4 is 33.4 Å². The molecular formula is C21H19BrF3N5. The van der Waals surface area contributed by atoms with Gasteiger partial charge in [0.05, 0.1) is 22.6 Å². The summed E-state index contributed by atoms with van der Waals surface area (Å²) in [6, 6.07) is 11.0. The van der Waals surface area contributed by atoms with Crippen LogP contribution in [0.15, 0.2) is 53.1 Å². The summed E-state index contributed by atoms with van der Waals surface area (Å²) in [5, 5.41) is 6.46. The van der Waals surface area contributed by atoms with E-state index in [1.807, 2.05) is 18.2 Å². The van der Waals surface area contributed by atoms with E-state index in [2.05, 4.69) is 41.5 Å². The molecule has 0 radical (unpaired) electrons. The zero-order valence-corrected chi connectivity index (χ0v) is 17.5. The van der Waals surface area contributed by atoms with Crippen LogP contribution in [0.3, 0.4) is 0 Å². The van der Waals surface area contributed by atoms with Crippen LogP contribution < -0.4 is 10.6 Å². The Labute approximate surface area is 180 Å². The SMILES string of the molecule is FC(F)(F)c1ccc(Nc2cc(-c3ccccn3)nc(NC3CCCC3)n2)c(Br)c1. The van der Waals surface area contributed by atoms with Crippen molar-refractivity contribution < 1.29 is 13.2 Å². The highest BCUT2D eigenvalue weighted by atomic mass is 79.9. The van der Waals surface area contributed by atoms with Crippen molar-refractivity contribution in [2.75, 3.05) is 10.6 Å². The first-order chi connectivity index (χ1) is 14.4. The van der Waals surface area contributed by atoms with Gasteiger partial charge in [-0.05, 0) is 59.1 Å². The summed E-state index contributed by atoms with van der Waals surface area (Å²) in [7, 11) is 0. The molecule has 0 aliphatic heterocycles. The van der Waals surface area contributed by atoms with Crippen molar-refractivity contribution in [3.05, 3.63) is 58.7 Å². The zero-order valence-electron chi connectivity index (χ0n) is 15.9. The number of nitrogens with zero attached hydrogens (tertiary/aromatic N) is 3. The lowest BCUT2D eigenvalue weighted by atomic mass is 10.2. The van der Waals surface area contributed by atoms with E-state index in [-0.39, 0.29) is 0 Å². The number of hydrogen-bond acceptors (Lipinski definition) is 5. The molecule has 0 unspecified atom stereocenters. The van der Waals surface area contributed by atoms with Crippen molar-refractivity contribution in [1.29, 1.82) is 0 Å². The molecule has 0 amide bonds. The average Bonchev–Trinajstić information content (AvgIpc) is 3.22. The van der Waals surface area contributed by atoms with E-state index in [1.165, 1.54) is 18.9 Å². The van der Waals surface area contributed by atoms with Gasteiger partial charge in [-0.2, -0.15) is 18.2 Å². The predicted molar refractivity (Wildman–Crippen MR) is 114 cm³/mol. The Bertz CT molecular complexity index is 1020. The maximum atomic E-state index is 12.9. The monoisotopic (exact) mass is 477 g/mol. The van der Waals surface area contributed by atoms with Gasteiger partial charge in [-0.3, -0.25) is 4.98 Å². The van der Waals surface area contributed by atoms with Gasteiger partial charge in [-0.25, -0.2) is 4.98 Å². The molecule has 1 aliphatic rings. The Balaban J connectivity index is 1.66. The molecule has 9 heteroatoms. The number of rotatable bonds is 5. The highest BCUT2D eigenvalue weighted by Crippen LogP contribution is 2.35. The normalized spacial score (nSPS) is 14.7. The molecule has 0 saturated heterocycles. The Hall–Kier alpha value is -2.68. The molecule has 0 bridgehead atoms. The Morgan fingerprint density at radius 2 is 1.77 bits per heavy atom. The summed E-state index contributed by atoms with van der Waals surface area (Å²) < 4.78 is 39.1. The smallest absolute Gasteiger partial charge is 0.351 e. The van der Waals surface area contributed by atoms with Crippen LogP contribution in [0.5, 0.6) is 0 Å². The maximum Gasteiger partial charge on any atom is 0.416 e. The number of pyridine rings is 1. The Kier molecular flexibility index (Phi) is 5.90. The van der Waals surface area contributed by atoms with Crippen LogP contribution in [-0.4, -0.2) is 21.0 Å². The summed E-state index contributed by atoms with van der Waals surface area (Å²) in [5.74, 6) is 0.933. The quantitative estimate of drug-likeness (QED) is 0.443. The average molecular weight is 478 g/mol. The Morgan fingerprint density at radius 1 is 0.967 bits per heavy atom. The first kappa shape index (κ1) is 20.6. The van der Waals surface area contributed by atoms with Gasteiger partial charge in [0.1, 0.15) is 5.82 Å². The lowest BCUT2D eigenvalue weighted by Crippen LogP contribution is -2.17. The van der Waals surface area contributed by atoms with Gasteiger partial charge in [0.15, 0.2) is 0 Å². The summed E-state index contributed by atoms with van der Waals surface area (Å²) in [6.45, 7) is 0. The molecule has 1 saturated carbocycles. The van der Waals surface area contributed by atoms with E-state index in [0.29, 0.717) is 39.4 Å². The van der Waals surface area contributed by atoms with E-state index in [4.69, 9.17) is 0 Å². The number of nitrogens with one attached hydrogen (secondary N) is 2. The van der Waals surface area contributed by atoms with E-state index >= 15 is 0 Å². The van der Waals surface area contributed by atoms with Crippen LogP contribution in [0.25, 0.3) is 11.4 Å². The van der Waals surface area contributed by atoms with Gasteiger partial charge in [0.2, 0.25) is 5.95 Å². The fourth-order valence-corrected chi connectivity index (χ4v) is 3.88. The van der Waals surface area contributed by atoms with Crippen LogP contribution in [0, 0.1) is 0 Å². The van der Waals surface area contributed by atoms with Crippen LogP contribution in [0.4, 0.5) is 30.6 Å². The molecule has 0 spiro atoms. The van der Waals surface area contributed by atoms with Gasteiger partial charge in [-0.1, -0.05) is 18.9 Å². The molecule has 30 heavy (non-hydrogen) atoms. The second-order valence-corrected chi connectivity index (χ2v) is 7.97. The predicted octanol–water partition coefficient (Wildman–Crippen LogP) is 6.42. The van der Waals surface area contributed by atoms with E-state index in [9.17, 15) is 13.2 Å². The molecule has 1 aliphatic carbocycles. The van der Waals surface area contributed by atoms with Crippen molar-refractivity contribution in [3.63, 3.8) is 0 Å². The van der Waals surface area contributed by atoms with Gasteiger partial charge >= 0.3 is 6.18 Å². The number of alkyl halides is 3. The second-order valence-electron chi connectivity index (χ2n) is 7.12. The fraction of sp³-hybridized carbons (Fsp3) is 0.286. The van der Waals surface area contributed by atoms with Gasteiger partial charge < -0.3 is 10.6 Å². The van der Waals surface area contributed by atoms with E-state index < -0.39 is 11.7 Å². The van der Waals surface area contributed by atoms with Crippen molar-refractivity contribution in [2.24, 2.45) is 0 Å². The van der Waals surface area contributed by atoms with Gasteiger partial charge in [-0.15, -0.1) is 0 Å². The third-order valence-corrected chi connectivity index (χ3v) is 5.56. The van der Waals surface area contributed by atoms with Crippen molar-refractivity contribution in [1.82, 2.24) is 15.0 Å². The minimum absolute atomic E-state index is 0.292. The molecule has 2 N–H and O–H groups in total. The van der Waals surface area contributed by atoms with E-state index in [0.717, 1.165) is 25.0 Å². The van der Waals surface area contributed by atoms with Crippen molar-refractivity contribution in [2.45, 2.75) is 37.9 Å². The minimum Gasteiger partial charge on any atom is -0.351 e. The first-order valence-corrected chi connectivity index (χ1v) is 10.4. The minimum atomic E-state index is -4.40. The molecule has 2 heterocycles. The summed E-state index contributed by atoms with van der Waals surface area (Å²) in [4.78, 5) is 13.5. The molecule has 156 valence electrons. The summed E-state index contributed by atoms with van der Waals surface area (Å²) >= 11 is 3.22. The van der Waals surface area contributed by atoms with Gasteiger partial charge in [0.25, 0.3) is 0 Å². The third kappa shape index (κ3) is 4.89. The summed E-state index contributed by atoms with van der Waals surface area (Å²) in [5.41, 5.74) is 1.06. The third-order valence-electron chi connectivity index (χ3n) is 4.90. The van der Waals surface area contributed by atoms with Gasteiger partial charge in [0, 0.05) is 22.8 Å². The molecule has 5 nitrogen and oxygen atoms in total. The van der Waals surface area contributed by atoms with Crippen LogP contribution in [0.2, 0.25) is 0 Å². The molecule has 4 rings (SSSR count). The molecule has 3 aromatic rings. The topological polar surface area (TPSA) is 62.7 Å². The lowest BCUT2D eigenvalue weighted by molar-refractivity contribution is -0.137.